The van der Waals surface area contributed by atoms with E-state index >= 15 is 0 Å². The predicted molar refractivity (Wildman–Crippen MR) is 63.6 cm³/mol. The molecule has 0 spiro atoms. The molecule has 2 rings (SSSR count). The van der Waals surface area contributed by atoms with Crippen LogP contribution in [-0.4, -0.2) is 48.4 Å². The molecule has 0 unspecified atom stereocenters. The van der Waals surface area contributed by atoms with Crippen LogP contribution < -0.4 is 5.32 Å². The normalized spacial score (nSPS) is 17.9. The van der Waals surface area contributed by atoms with E-state index in [9.17, 15) is 4.79 Å². The van der Waals surface area contributed by atoms with Crippen LogP contribution >= 0.6 is 0 Å². The number of aromatic amines is 1. The molecule has 1 aromatic rings. The summed E-state index contributed by atoms with van der Waals surface area (Å²) in [5.41, 5.74) is 0.709. The molecular weight excluding hydrogens is 202 g/mol. The number of piperidine rings is 1. The van der Waals surface area contributed by atoms with Gasteiger partial charge >= 0.3 is 0 Å². The molecule has 0 bridgehead atoms. The van der Waals surface area contributed by atoms with Crippen LogP contribution in [0.1, 0.15) is 23.3 Å². The molecule has 2 N–H and O–H groups in total. The van der Waals surface area contributed by atoms with E-state index in [1.807, 2.05) is 19.2 Å². The van der Waals surface area contributed by atoms with Gasteiger partial charge in [0.2, 0.25) is 0 Å². The average molecular weight is 221 g/mol. The molecule has 4 nitrogen and oxygen atoms in total. The van der Waals surface area contributed by atoms with Crippen molar-refractivity contribution in [3.05, 3.63) is 24.0 Å². The van der Waals surface area contributed by atoms with Crippen LogP contribution in [0.5, 0.6) is 0 Å². The van der Waals surface area contributed by atoms with Crippen molar-refractivity contribution in [2.24, 2.45) is 0 Å². The first-order valence-corrected chi connectivity index (χ1v) is 5.85. The number of carbonyl (C=O) groups is 1. The van der Waals surface area contributed by atoms with E-state index in [1.54, 1.807) is 6.20 Å². The molecule has 0 amide bonds. The summed E-state index contributed by atoms with van der Waals surface area (Å²) < 4.78 is 0. The Morgan fingerprint density at radius 1 is 1.50 bits per heavy atom. The van der Waals surface area contributed by atoms with Crippen LogP contribution in [0, 0.1) is 0 Å². The van der Waals surface area contributed by atoms with Crippen molar-refractivity contribution >= 4 is 5.78 Å². The van der Waals surface area contributed by atoms with Gasteiger partial charge in [0, 0.05) is 12.2 Å². The molecular formula is C12H19N3O. The van der Waals surface area contributed by atoms with Crippen molar-refractivity contribution < 1.29 is 4.79 Å². The highest BCUT2D eigenvalue weighted by molar-refractivity contribution is 5.95. The van der Waals surface area contributed by atoms with Gasteiger partial charge in [0.15, 0.2) is 5.78 Å². The predicted octanol–water partition coefficient (Wildman–Crippen LogP) is 0.881. The van der Waals surface area contributed by atoms with E-state index in [-0.39, 0.29) is 5.78 Å². The highest BCUT2D eigenvalue weighted by atomic mass is 16.1. The maximum Gasteiger partial charge on any atom is 0.192 e. The van der Waals surface area contributed by atoms with Gasteiger partial charge in [0.25, 0.3) is 0 Å². The SMILES string of the molecule is CN(CC(=O)c1ccc[nH]1)C1CCNCC1. The number of nitrogens with zero attached hydrogens (tertiary/aromatic N) is 1. The largest absolute Gasteiger partial charge is 0.359 e. The van der Waals surface area contributed by atoms with E-state index in [0.29, 0.717) is 18.3 Å². The Hall–Kier alpha value is -1.13. The van der Waals surface area contributed by atoms with E-state index in [0.717, 1.165) is 25.9 Å². The fourth-order valence-electron chi connectivity index (χ4n) is 2.19. The maximum atomic E-state index is 11.9. The third kappa shape index (κ3) is 2.71. The van der Waals surface area contributed by atoms with Gasteiger partial charge in [-0.1, -0.05) is 0 Å². The van der Waals surface area contributed by atoms with Crippen LogP contribution in [0.3, 0.4) is 0 Å². The molecule has 0 saturated carbocycles. The zero-order chi connectivity index (χ0) is 11.4. The molecule has 1 aromatic heterocycles. The van der Waals surface area contributed by atoms with Gasteiger partial charge in [-0.25, -0.2) is 0 Å². The number of carbonyl (C=O) groups excluding carboxylic acids is 1. The van der Waals surface area contributed by atoms with Gasteiger partial charge < -0.3 is 10.3 Å². The molecule has 1 saturated heterocycles. The monoisotopic (exact) mass is 221 g/mol. The number of likely N-dealkylation sites (N-methyl/N-ethyl adjacent to an activating group) is 1. The fourth-order valence-corrected chi connectivity index (χ4v) is 2.19. The van der Waals surface area contributed by atoms with Crippen LogP contribution in [0.2, 0.25) is 0 Å². The number of Topliss-reactive ketones (excluding diaryl/α,β-unsaturated/α-hetero) is 1. The van der Waals surface area contributed by atoms with Crippen molar-refractivity contribution in [3.63, 3.8) is 0 Å². The van der Waals surface area contributed by atoms with Crippen LogP contribution in [0.15, 0.2) is 18.3 Å². The summed E-state index contributed by atoms with van der Waals surface area (Å²) in [5, 5.41) is 3.33. The van der Waals surface area contributed by atoms with Gasteiger partial charge in [-0.05, 0) is 45.1 Å². The second-order valence-electron chi connectivity index (χ2n) is 4.40. The first-order chi connectivity index (χ1) is 7.77. The van der Waals surface area contributed by atoms with Crippen LogP contribution in [-0.2, 0) is 0 Å². The Balaban J connectivity index is 1.86. The molecule has 0 radical (unpaired) electrons. The summed E-state index contributed by atoms with van der Waals surface area (Å²) in [5.74, 6) is 0.172. The molecule has 2 heterocycles. The van der Waals surface area contributed by atoms with Crippen LogP contribution in [0.25, 0.3) is 0 Å². The summed E-state index contributed by atoms with van der Waals surface area (Å²) in [4.78, 5) is 17.0. The number of H-pyrrole nitrogens is 1. The standard InChI is InChI=1S/C12H19N3O/c1-15(10-4-7-13-8-5-10)9-12(16)11-3-2-6-14-11/h2-3,6,10,13-14H,4-5,7-9H2,1H3. The number of aromatic nitrogens is 1. The number of nitrogens with one attached hydrogen (secondary N) is 2. The Morgan fingerprint density at radius 3 is 2.88 bits per heavy atom. The van der Waals surface area contributed by atoms with Gasteiger partial charge in [-0.15, -0.1) is 0 Å². The molecule has 0 aliphatic carbocycles. The lowest BCUT2D eigenvalue weighted by Crippen LogP contribution is -2.43. The van der Waals surface area contributed by atoms with Gasteiger partial charge in [-0.3, -0.25) is 9.69 Å². The van der Waals surface area contributed by atoms with E-state index in [2.05, 4.69) is 15.2 Å². The zero-order valence-electron chi connectivity index (χ0n) is 9.70. The Morgan fingerprint density at radius 2 is 2.25 bits per heavy atom. The van der Waals surface area contributed by atoms with E-state index < -0.39 is 0 Å². The Kier molecular flexibility index (Phi) is 3.74. The maximum absolute atomic E-state index is 11.9. The van der Waals surface area contributed by atoms with E-state index in [4.69, 9.17) is 0 Å². The summed E-state index contributed by atoms with van der Waals surface area (Å²) >= 11 is 0. The van der Waals surface area contributed by atoms with Gasteiger partial charge in [-0.2, -0.15) is 0 Å². The van der Waals surface area contributed by atoms with Crippen molar-refractivity contribution in [3.8, 4) is 0 Å². The molecule has 0 atom stereocenters. The van der Waals surface area contributed by atoms with Crippen molar-refractivity contribution in [2.75, 3.05) is 26.7 Å². The highest BCUT2D eigenvalue weighted by Crippen LogP contribution is 2.10. The van der Waals surface area contributed by atoms with E-state index in [1.165, 1.54) is 0 Å². The molecule has 1 aliphatic heterocycles. The van der Waals surface area contributed by atoms with Crippen molar-refractivity contribution in [2.45, 2.75) is 18.9 Å². The smallest absolute Gasteiger partial charge is 0.192 e. The second kappa shape index (κ2) is 5.27. The summed E-state index contributed by atoms with van der Waals surface area (Å²) in [7, 11) is 2.04. The second-order valence-corrected chi connectivity index (χ2v) is 4.40. The molecule has 0 aromatic carbocycles. The van der Waals surface area contributed by atoms with Crippen molar-refractivity contribution in [1.82, 2.24) is 15.2 Å². The third-order valence-corrected chi connectivity index (χ3v) is 3.22. The molecule has 1 aliphatic rings. The summed E-state index contributed by atoms with van der Waals surface area (Å²) in [6, 6.07) is 4.23. The third-order valence-electron chi connectivity index (χ3n) is 3.22. The topological polar surface area (TPSA) is 48.1 Å². The average Bonchev–Trinajstić information content (AvgIpc) is 2.83. The number of hydrogen-bond acceptors (Lipinski definition) is 3. The van der Waals surface area contributed by atoms with Crippen LogP contribution in [0.4, 0.5) is 0 Å². The quantitative estimate of drug-likeness (QED) is 0.742. The fraction of sp³-hybridized carbons (Fsp3) is 0.583. The number of hydrogen-bond donors (Lipinski definition) is 2. The minimum absolute atomic E-state index is 0.172. The molecule has 88 valence electrons. The highest BCUT2D eigenvalue weighted by Gasteiger charge is 2.20. The van der Waals surface area contributed by atoms with Gasteiger partial charge in [0.05, 0.1) is 12.2 Å². The molecule has 16 heavy (non-hydrogen) atoms. The Bertz CT molecular complexity index is 328. The first-order valence-electron chi connectivity index (χ1n) is 5.85. The van der Waals surface area contributed by atoms with Crippen molar-refractivity contribution in [1.29, 1.82) is 0 Å². The zero-order valence-corrected chi connectivity index (χ0v) is 9.70. The lowest BCUT2D eigenvalue weighted by molar-refractivity contribution is 0.0899. The first kappa shape index (κ1) is 11.4. The minimum Gasteiger partial charge on any atom is -0.359 e. The summed E-state index contributed by atoms with van der Waals surface area (Å²) in [6.07, 6.45) is 4.06. The Labute approximate surface area is 96.0 Å². The minimum atomic E-state index is 0.172. The number of ketones is 1. The molecule has 4 heteroatoms. The van der Waals surface area contributed by atoms with Gasteiger partial charge in [0.1, 0.15) is 0 Å². The molecule has 1 fully saturated rings. The lowest BCUT2D eigenvalue weighted by atomic mass is 10.1. The number of rotatable bonds is 4. The lowest BCUT2D eigenvalue weighted by Gasteiger charge is -2.30. The summed E-state index contributed by atoms with van der Waals surface area (Å²) in [6.45, 7) is 2.63.